The van der Waals surface area contributed by atoms with Gasteiger partial charge in [-0.25, -0.2) is 4.79 Å². The summed E-state index contributed by atoms with van der Waals surface area (Å²) in [6, 6.07) is 6.60. The molecule has 0 aliphatic rings. The minimum absolute atomic E-state index is 0.0274. The molecule has 2 N–H and O–H groups in total. The second-order valence-corrected chi connectivity index (χ2v) is 4.47. The molecule has 1 aromatic carbocycles. The number of carboxylic acids is 1. The maximum absolute atomic E-state index is 11.0. The van der Waals surface area contributed by atoms with E-state index in [4.69, 9.17) is 9.84 Å². The highest BCUT2D eigenvalue weighted by Crippen LogP contribution is 2.29. The third kappa shape index (κ3) is 2.74. The van der Waals surface area contributed by atoms with Crippen LogP contribution >= 0.6 is 0 Å². The maximum atomic E-state index is 11.0. The number of aromatic nitrogens is 2. The number of carbonyl (C=O) groups is 1. The monoisotopic (exact) mass is 275 g/mol. The van der Waals surface area contributed by atoms with Gasteiger partial charge in [-0.3, -0.25) is 4.68 Å². The summed E-state index contributed by atoms with van der Waals surface area (Å²) in [5.74, 6) is -0.368. The van der Waals surface area contributed by atoms with Crippen molar-refractivity contribution in [3.63, 3.8) is 0 Å². The Morgan fingerprint density at radius 2 is 2.20 bits per heavy atom. The molecule has 2 rings (SSSR count). The van der Waals surface area contributed by atoms with Crippen LogP contribution in [0.25, 0.3) is 0 Å². The van der Waals surface area contributed by atoms with E-state index in [9.17, 15) is 4.79 Å². The molecule has 0 bridgehead atoms. The SMILES string of the molecule is COc1ccc(C(=O)O)cc1NC(C)c1ccnn1C. The zero-order valence-electron chi connectivity index (χ0n) is 11.6. The summed E-state index contributed by atoms with van der Waals surface area (Å²) in [7, 11) is 3.41. The van der Waals surface area contributed by atoms with Gasteiger partial charge in [0.05, 0.1) is 30.1 Å². The molecule has 2 aromatic rings. The Labute approximate surface area is 117 Å². The number of methoxy groups -OCH3 is 1. The number of aryl methyl sites for hydroxylation is 1. The first-order valence-corrected chi connectivity index (χ1v) is 6.18. The highest BCUT2D eigenvalue weighted by molar-refractivity contribution is 5.89. The smallest absolute Gasteiger partial charge is 0.335 e. The average molecular weight is 275 g/mol. The zero-order chi connectivity index (χ0) is 14.7. The normalized spacial score (nSPS) is 11.9. The Balaban J connectivity index is 2.29. The number of hydrogen-bond acceptors (Lipinski definition) is 4. The summed E-state index contributed by atoms with van der Waals surface area (Å²) in [5, 5.41) is 16.4. The first-order valence-electron chi connectivity index (χ1n) is 6.18. The van der Waals surface area contributed by atoms with Gasteiger partial charge in [0.1, 0.15) is 5.75 Å². The van der Waals surface area contributed by atoms with Crippen molar-refractivity contribution in [3.05, 3.63) is 41.7 Å². The van der Waals surface area contributed by atoms with Crippen LogP contribution < -0.4 is 10.1 Å². The molecule has 0 saturated heterocycles. The van der Waals surface area contributed by atoms with E-state index < -0.39 is 5.97 Å². The first kappa shape index (κ1) is 13.9. The molecule has 0 aliphatic carbocycles. The van der Waals surface area contributed by atoms with Gasteiger partial charge in [0.25, 0.3) is 0 Å². The molecule has 0 radical (unpaired) electrons. The standard InChI is InChI=1S/C14H17N3O3/c1-9(12-6-7-15-17(12)2)16-11-8-10(14(18)19)4-5-13(11)20-3/h4-9,16H,1-3H3,(H,18,19). The van der Waals surface area contributed by atoms with Gasteiger partial charge >= 0.3 is 5.97 Å². The molecule has 106 valence electrons. The Bertz CT molecular complexity index is 622. The number of nitrogens with zero attached hydrogens (tertiary/aromatic N) is 2. The molecule has 0 fully saturated rings. The number of benzene rings is 1. The molecule has 0 aliphatic heterocycles. The summed E-state index contributed by atoms with van der Waals surface area (Å²) in [4.78, 5) is 11.0. The van der Waals surface area contributed by atoms with Crippen LogP contribution in [0.3, 0.4) is 0 Å². The number of rotatable bonds is 5. The predicted molar refractivity (Wildman–Crippen MR) is 75.2 cm³/mol. The Morgan fingerprint density at radius 3 is 2.75 bits per heavy atom. The lowest BCUT2D eigenvalue weighted by molar-refractivity contribution is 0.0697. The van der Waals surface area contributed by atoms with E-state index >= 15 is 0 Å². The van der Waals surface area contributed by atoms with Gasteiger partial charge in [-0.1, -0.05) is 0 Å². The minimum Gasteiger partial charge on any atom is -0.495 e. The van der Waals surface area contributed by atoms with Gasteiger partial charge in [-0.15, -0.1) is 0 Å². The molecular formula is C14H17N3O3. The van der Waals surface area contributed by atoms with Crippen molar-refractivity contribution >= 4 is 11.7 Å². The topological polar surface area (TPSA) is 76.4 Å². The summed E-state index contributed by atoms with van der Waals surface area (Å²) >= 11 is 0. The van der Waals surface area contributed by atoms with Crippen LogP contribution in [-0.4, -0.2) is 28.0 Å². The van der Waals surface area contributed by atoms with E-state index in [0.717, 1.165) is 5.69 Å². The molecule has 1 heterocycles. The van der Waals surface area contributed by atoms with Crippen molar-refractivity contribution in [1.29, 1.82) is 0 Å². The molecule has 1 aromatic heterocycles. The largest absolute Gasteiger partial charge is 0.495 e. The highest BCUT2D eigenvalue weighted by Gasteiger charge is 2.14. The highest BCUT2D eigenvalue weighted by atomic mass is 16.5. The Kier molecular flexibility index (Phi) is 3.93. The van der Waals surface area contributed by atoms with Gasteiger partial charge in [0, 0.05) is 13.2 Å². The van der Waals surface area contributed by atoms with Crippen molar-refractivity contribution in [2.75, 3.05) is 12.4 Å². The van der Waals surface area contributed by atoms with E-state index in [1.807, 2.05) is 20.0 Å². The van der Waals surface area contributed by atoms with Crippen LogP contribution in [0.1, 0.15) is 29.0 Å². The molecule has 0 saturated carbocycles. The number of nitrogens with one attached hydrogen (secondary N) is 1. The van der Waals surface area contributed by atoms with E-state index in [2.05, 4.69) is 10.4 Å². The van der Waals surface area contributed by atoms with Gasteiger partial charge in [-0.2, -0.15) is 5.10 Å². The van der Waals surface area contributed by atoms with Gasteiger partial charge < -0.3 is 15.2 Å². The molecule has 6 heteroatoms. The lowest BCUT2D eigenvalue weighted by atomic mass is 10.1. The summed E-state index contributed by atoms with van der Waals surface area (Å²) in [6.45, 7) is 1.98. The summed E-state index contributed by atoms with van der Waals surface area (Å²) < 4.78 is 7.02. The van der Waals surface area contributed by atoms with Crippen LogP contribution in [-0.2, 0) is 7.05 Å². The molecule has 0 spiro atoms. The van der Waals surface area contributed by atoms with Crippen molar-refractivity contribution < 1.29 is 14.6 Å². The predicted octanol–water partition coefficient (Wildman–Crippen LogP) is 2.30. The van der Waals surface area contributed by atoms with Gasteiger partial charge in [0.2, 0.25) is 0 Å². The van der Waals surface area contributed by atoms with E-state index in [-0.39, 0.29) is 11.6 Å². The maximum Gasteiger partial charge on any atom is 0.335 e. The minimum atomic E-state index is -0.969. The Morgan fingerprint density at radius 1 is 1.45 bits per heavy atom. The zero-order valence-corrected chi connectivity index (χ0v) is 11.6. The molecule has 0 amide bonds. The van der Waals surface area contributed by atoms with Gasteiger partial charge in [-0.05, 0) is 31.2 Å². The van der Waals surface area contributed by atoms with Crippen molar-refractivity contribution in [3.8, 4) is 5.75 Å². The van der Waals surface area contributed by atoms with Crippen molar-refractivity contribution in [2.24, 2.45) is 7.05 Å². The van der Waals surface area contributed by atoms with Crippen LogP contribution in [0.2, 0.25) is 0 Å². The summed E-state index contributed by atoms with van der Waals surface area (Å²) in [6.07, 6.45) is 1.72. The fourth-order valence-corrected chi connectivity index (χ4v) is 2.07. The van der Waals surface area contributed by atoms with Crippen LogP contribution in [0.15, 0.2) is 30.5 Å². The third-order valence-corrected chi connectivity index (χ3v) is 3.12. The molecule has 1 atom stereocenters. The number of ether oxygens (including phenoxy) is 1. The molecular weight excluding hydrogens is 258 g/mol. The average Bonchev–Trinajstić information content (AvgIpc) is 2.84. The fraction of sp³-hybridized carbons (Fsp3) is 0.286. The van der Waals surface area contributed by atoms with Crippen LogP contribution in [0.5, 0.6) is 5.75 Å². The molecule has 6 nitrogen and oxygen atoms in total. The lowest BCUT2D eigenvalue weighted by Gasteiger charge is -2.18. The second-order valence-electron chi connectivity index (χ2n) is 4.47. The Hall–Kier alpha value is -2.50. The van der Waals surface area contributed by atoms with Gasteiger partial charge in [0.15, 0.2) is 0 Å². The van der Waals surface area contributed by atoms with E-state index in [0.29, 0.717) is 11.4 Å². The fourth-order valence-electron chi connectivity index (χ4n) is 2.07. The van der Waals surface area contributed by atoms with Crippen LogP contribution in [0, 0.1) is 0 Å². The second kappa shape index (κ2) is 5.64. The van der Waals surface area contributed by atoms with Crippen molar-refractivity contribution in [2.45, 2.75) is 13.0 Å². The quantitative estimate of drug-likeness (QED) is 0.875. The van der Waals surface area contributed by atoms with E-state index in [1.165, 1.54) is 6.07 Å². The van der Waals surface area contributed by atoms with E-state index in [1.54, 1.807) is 30.1 Å². The summed E-state index contributed by atoms with van der Waals surface area (Å²) in [5.41, 5.74) is 1.85. The number of aromatic carboxylic acids is 1. The van der Waals surface area contributed by atoms with Crippen LogP contribution in [0.4, 0.5) is 5.69 Å². The number of anilines is 1. The first-order chi connectivity index (χ1) is 9.52. The molecule has 1 unspecified atom stereocenters. The number of carboxylic acid groups (broad SMARTS) is 1. The van der Waals surface area contributed by atoms with Crippen molar-refractivity contribution in [1.82, 2.24) is 9.78 Å². The third-order valence-electron chi connectivity index (χ3n) is 3.12. The number of hydrogen-bond donors (Lipinski definition) is 2. The molecule has 20 heavy (non-hydrogen) atoms. The lowest BCUT2D eigenvalue weighted by Crippen LogP contribution is -2.12.